The van der Waals surface area contributed by atoms with Crippen molar-refractivity contribution in [1.29, 1.82) is 0 Å². The van der Waals surface area contributed by atoms with Crippen LogP contribution in [0.4, 0.5) is 0 Å². The van der Waals surface area contributed by atoms with Crippen LogP contribution in [0.5, 0.6) is 0 Å². The van der Waals surface area contributed by atoms with Gasteiger partial charge in [-0.15, -0.1) is 0 Å². The Morgan fingerprint density at radius 2 is 0.522 bits per heavy atom. The van der Waals surface area contributed by atoms with E-state index < -0.39 is 6.10 Å². The van der Waals surface area contributed by atoms with Gasteiger partial charge < -0.3 is 14.2 Å². The summed E-state index contributed by atoms with van der Waals surface area (Å²) in [6, 6.07) is 0. The summed E-state index contributed by atoms with van der Waals surface area (Å²) in [6.07, 6.45) is 71.1. The topological polar surface area (TPSA) is 78.9 Å². The van der Waals surface area contributed by atoms with E-state index >= 15 is 0 Å². The number of esters is 3. The molecule has 1 unspecified atom stereocenters. The molecule has 0 aromatic rings. The molecule has 0 aliphatic rings. The van der Waals surface area contributed by atoms with Crippen LogP contribution in [0.25, 0.3) is 0 Å². The van der Waals surface area contributed by atoms with Gasteiger partial charge in [-0.05, 0) is 83.5 Å². The largest absolute Gasteiger partial charge is 0.462 e. The SMILES string of the molecule is CCCCC/C=C\C/C=C\CCCCCCCC(=O)OCC(COC(=O)CCCCCCCCCCCCCCCCCCCCCCC)OC(=O)CCCCCCC/C=C\C/C=C\CCCCC. The van der Waals surface area contributed by atoms with Crippen LogP contribution in [0.3, 0.4) is 0 Å². The van der Waals surface area contributed by atoms with E-state index in [1.165, 1.54) is 173 Å². The molecular formula is C63H114O6. The number of allylic oxidation sites excluding steroid dienone is 8. The zero-order chi connectivity index (χ0) is 50.0. The van der Waals surface area contributed by atoms with E-state index in [1.807, 2.05) is 0 Å². The maximum atomic E-state index is 12.9. The number of hydrogen-bond acceptors (Lipinski definition) is 6. The second-order valence-corrected chi connectivity index (χ2v) is 20.3. The molecule has 0 saturated carbocycles. The summed E-state index contributed by atoms with van der Waals surface area (Å²) in [5.74, 6) is -0.892. The molecule has 6 nitrogen and oxygen atoms in total. The molecule has 402 valence electrons. The fraction of sp³-hybridized carbons (Fsp3) is 0.825. The molecule has 0 heterocycles. The van der Waals surface area contributed by atoms with Gasteiger partial charge in [-0.2, -0.15) is 0 Å². The lowest BCUT2D eigenvalue weighted by molar-refractivity contribution is -0.167. The first-order valence-electron chi connectivity index (χ1n) is 30.1. The molecule has 0 radical (unpaired) electrons. The van der Waals surface area contributed by atoms with Gasteiger partial charge in [0.05, 0.1) is 0 Å². The lowest BCUT2D eigenvalue weighted by Crippen LogP contribution is -2.30. The normalized spacial score (nSPS) is 12.3. The summed E-state index contributed by atoms with van der Waals surface area (Å²) in [7, 11) is 0. The zero-order valence-electron chi connectivity index (χ0n) is 46.1. The third kappa shape index (κ3) is 56.2. The fourth-order valence-electron chi connectivity index (χ4n) is 8.74. The van der Waals surface area contributed by atoms with Gasteiger partial charge in [0.25, 0.3) is 0 Å². The maximum absolute atomic E-state index is 12.9. The summed E-state index contributed by atoms with van der Waals surface area (Å²) in [5.41, 5.74) is 0. The second kappa shape index (κ2) is 57.9. The van der Waals surface area contributed by atoms with Crippen molar-refractivity contribution in [2.45, 2.75) is 322 Å². The summed E-state index contributed by atoms with van der Waals surface area (Å²) in [4.78, 5) is 38.2. The van der Waals surface area contributed by atoms with Crippen LogP contribution in [0.2, 0.25) is 0 Å². The third-order valence-corrected chi connectivity index (χ3v) is 13.3. The second-order valence-electron chi connectivity index (χ2n) is 20.3. The van der Waals surface area contributed by atoms with Crippen molar-refractivity contribution in [2.75, 3.05) is 13.2 Å². The highest BCUT2D eigenvalue weighted by Crippen LogP contribution is 2.17. The van der Waals surface area contributed by atoms with Crippen LogP contribution in [-0.2, 0) is 28.6 Å². The van der Waals surface area contributed by atoms with Crippen LogP contribution in [0.15, 0.2) is 48.6 Å². The zero-order valence-corrected chi connectivity index (χ0v) is 46.1. The van der Waals surface area contributed by atoms with Gasteiger partial charge in [0.2, 0.25) is 0 Å². The van der Waals surface area contributed by atoms with Crippen LogP contribution in [-0.4, -0.2) is 37.2 Å². The minimum absolute atomic E-state index is 0.0804. The number of rotatable bonds is 55. The monoisotopic (exact) mass is 967 g/mol. The standard InChI is InChI=1S/C63H114O6/c1-4-7-10-13-16-19-22-25-28-29-30-31-32-33-36-38-41-44-47-50-53-56-62(65)68-59-60(69-63(66)57-54-51-48-45-42-39-35-27-24-21-18-15-12-9-6-3)58-67-61(64)55-52-49-46-43-40-37-34-26-23-20-17-14-11-8-5-2/h17-18,20-21,26-27,34-35,60H,4-16,19,22-25,28-33,36-59H2,1-3H3/b20-17-,21-18-,34-26-,35-27-. The van der Waals surface area contributed by atoms with Crippen molar-refractivity contribution >= 4 is 17.9 Å². The highest BCUT2D eigenvalue weighted by atomic mass is 16.6. The van der Waals surface area contributed by atoms with Gasteiger partial charge in [-0.1, -0.05) is 262 Å². The van der Waals surface area contributed by atoms with Crippen LogP contribution >= 0.6 is 0 Å². The van der Waals surface area contributed by atoms with Crippen molar-refractivity contribution in [2.24, 2.45) is 0 Å². The Morgan fingerprint density at radius 1 is 0.290 bits per heavy atom. The van der Waals surface area contributed by atoms with Gasteiger partial charge in [0, 0.05) is 19.3 Å². The number of unbranched alkanes of at least 4 members (excludes halogenated alkanes) is 36. The fourth-order valence-corrected chi connectivity index (χ4v) is 8.74. The quantitative estimate of drug-likeness (QED) is 0.0262. The Kier molecular flexibility index (Phi) is 55.7. The van der Waals surface area contributed by atoms with Crippen molar-refractivity contribution in [3.63, 3.8) is 0 Å². The maximum Gasteiger partial charge on any atom is 0.306 e. The molecule has 6 heteroatoms. The van der Waals surface area contributed by atoms with Gasteiger partial charge >= 0.3 is 17.9 Å². The first-order chi connectivity index (χ1) is 34.0. The minimum atomic E-state index is -0.785. The van der Waals surface area contributed by atoms with Crippen molar-refractivity contribution < 1.29 is 28.6 Å². The molecular weight excluding hydrogens is 853 g/mol. The van der Waals surface area contributed by atoms with Crippen molar-refractivity contribution in [1.82, 2.24) is 0 Å². The molecule has 0 aromatic heterocycles. The van der Waals surface area contributed by atoms with E-state index in [1.54, 1.807) is 0 Å². The number of hydrogen-bond donors (Lipinski definition) is 0. The van der Waals surface area contributed by atoms with Gasteiger partial charge in [0.15, 0.2) is 6.10 Å². The number of carbonyl (C=O) groups is 3. The molecule has 69 heavy (non-hydrogen) atoms. The highest BCUT2D eigenvalue weighted by Gasteiger charge is 2.19. The summed E-state index contributed by atoms with van der Waals surface area (Å²) >= 11 is 0. The summed E-state index contributed by atoms with van der Waals surface area (Å²) in [6.45, 7) is 6.61. The predicted molar refractivity (Wildman–Crippen MR) is 298 cm³/mol. The minimum Gasteiger partial charge on any atom is -0.462 e. The Morgan fingerprint density at radius 3 is 0.826 bits per heavy atom. The Bertz CT molecular complexity index is 1200. The summed E-state index contributed by atoms with van der Waals surface area (Å²) in [5, 5.41) is 0. The Labute approximate surface area is 428 Å². The number of ether oxygens (including phenoxy) is 3. The molecule has 0 aromatic carbocycles. The van der Waals surface area contributed by atoms with Gasteiger partial charge in [-0.25, -0.2) is 0 Å². The Hall–Kier alpha value is -2.63. The van der Waals surface area contributed by atoms with Gasteiger partial charge in [-0.3, -0.25) is 14.4 Å². The molecule has 0 aliphatic carbocycles. The smallest absolute Gasteiger partial charge is 0.306 e. The van der Waals surface area contributed by atoms with E-state index in [-0.39, 0.29) is 31.1 Å². The van der Waals surface area contributed by atoms with E-state index in [0.717, 1.165) is 103 Å². The van der Waals surface area contributed by atoms with Gasteiger partial charge in [0.1, 0.15) is 13.2 Å². The molecule has 0 saturated heterocycles. The van der Waals surface area contributed by atoms with Crippen molar-refractivity contribution in [3.8, 4) is 0 Å². The molecule has 1 atom stereocenters. The van der Waals surface area contributed by atoms with E-state index in [9.17, 15) is 14.4 Å². The lowest BCUT2D eigenvalue weighted by Gasteiger charge is -2.18. The molecule has 0 rings (SSSR count). The predicted octanol–water partition coefficient (Wildman–Crippen LogP) is 20.2. The number of carbonyl (C=O) groups excluding carboxylic acids is 3. The average molecular weight is 968 g/mol. The average Bonchev–Trinajstić information content (AvgIpc) is 3.35. The molecule has 0 bridgehead atoms. The molecule has 0 N–H and O–H groups in total. The van der Waals surface area contributed by atoms with E-state index in [4.69, 9.17) is 14.2 Å². The van der Waals surface area contributed by atoms with E-state index in [2.05, 4.69) is 69.4 Å². The van der Waals surface area contributed by atoms with Crippen LogP contribution in [0, 0.1) is 0 Å². The first-order valence-corrected chi connectivity index (χ1v) is 30.1. The lowest BCUT2D eigenvalue weighted by atomic mass is 10.0. The van der Waals surface area contributed by atoms with Crippen LogP contribution < -0.4 is 0 Å². The molecule has 0 spiro atoms. The molecule has 0 fully saturated rings. The Balaban J connectivity index is 4.33. The highest BCUT2D eigenvalue weighted by molar-refractivity contribution is 5.71. The van der Waals surface area contributed by atoms with E-state index in [0.29, 0.717) is 19.3 Å². The first kappa shape index (κ1) is 66.4. The summed E-state index contributed by atoms with van der Waals surface area (Å²) < 4.78 is 16.9. The van der Waals surface area contributed by atoms with Crippen molar-refractivity contribution in [3.05, 3.63) is 48.6 Å². The molecule has 0 amide bonds. The molecule has 0 aliphatic heterocycles. The third-order valence-electron chi connectivity index (χ3n) is 13.3. The van der Waals surface area contributed by atoms with Crippen LogP contribution in [0.1, 0.15) is 316 Å².